The minimum Gasteiger partial charge on any atom is -0.504 e. The van der Waals surface area contributed by atoms with E-state index in [1.165, 1.54) is 7.11 Å². The van der Waals surface area contributed by atoms with Crippen molar-refractivity contribution in [2.45, 2.75) is 33.1 Å². The number of phenols is 1. The van der Waals surface area contributed by atoms with Crippen molar-refractivity contribution in [2.75, 3.05) is 7.11 Å². The van der Waals surface area contributed by atoms with Gasteiger partial charge >= 0.3 is 5.97 Å². The number of hydrogen-bond donors (Lipinski definition) is 2. The topological polar surface area (TPSA) is 66.8 Å². The maximum absolute atomic E-state index is 11.3. The molecule has 4 nitrogen and oxygen atoms in total. The van der Waals surface area contributed by atoms with Gasteiger partial charge in [0, 0.05) is 11.0 Å². The van der Waals surface area contributed by atoms with Crippen LogP contribution in [0.3, 0.4) is 0 Å². The number of aromatic hydroxyl groups is 1. The summed E-state index contributed by atoms with van der Waals surface area (Å²) < 4.78 is 5.28. The Labute approximate surface area is 136 Å². The number of ether oxygens (including phenoxy) is 1. The zero-order chi connectivity index (χ0) is 17.0. The molecule has 4 heteroatoms. The molecule has 2 rings (SSSR count). The number of carboxylic acid groups (broad SMARTS) is 1. The van der Waals surface area contributed by atoms with E-state index < -0.39 is 5.97 Å². The zero-order valence-corrected chi connectivity index (χ0v) is 13.7. The highest BCUT2D eigenvalue weighted by molar-refractivity contribution is 6.02. The van der Waals surface area contributed by atoms with E-state index in [4.69, 9.17) is 4.74 Å². The Kier molecular flexibility index (Phi) is 5.27. The van der Waals surface area contributed by atoms with Crippen molar-refractivity contribution in [3.8, 4) is 11.5 Å². The molecule has 0 saturated carbocycles. The third-order valence-electron chi connectivity index (χ3n) is 3.94. The first-order chi connectivity index (χ1) is 11.0. The van der Waals surface area contributed by atoms with Crippen molar-refractivity contribution in [1.29, 1.82) is 0 Å². The normalized spacial score (nSPS) is 11.7. The van der Waals surface area contributed by atoms with E-state index in [1.54, 1.807) is 12.1 Å². The lowest BCUT2D eigenvalue weighted by Crippen LogP contribution is -1.99. The average Bonchev–Trinajstić information content (AvgIpc) is 2.54. The van der Waals surface area contributed by atoms with Gasteiger partial charge in [-0.2, -0.15) is 0 Å². The molecule has 0 aliphatic carbocycles. The highest BCUT2D eigenvalue weighted by atomic mass is 16.5. The first kappa shape index (κ1) is 16.9. The largest absolute Gasteiger partial charge is 0.504 e. The predicted molar refractivity (Wildman–Crippen MR) is 92.1 cm³/mol. The van der Waals surface area contributed by atoms with Gasteiger partial charge in [0.05, 0.1) is 7.11 Å². The second-order valence-electron chi connectivity index (χ2n) is 5.43. The second-order valence-corrected chi connectivity index (χ2v) is 5.43. The van der Waals surface area contributed by atoms with Gasteiger partial charge in [-0.05, 0) is 41.5 Å². The van der Waals surface area contributed by atoms with Crippen LogP contribution in [0.15, 0.2) is 29.8 Å². The number of fused-ring (bicyclic) bond motifs is 1. The van der Waals surface area contributed by atoms with Crippen LogP contribution >= 0.6 is 0 Å². The molecule has 23 heavy (non-hydrogen) atoms. The summed E-state index contributed by atoms with van der Waals surface area (Å²) in [6.45, 7) is 3.89. The number of rotatable bonds is 6. The predicted octanol–water partition coefficient (Wildman–Crippen LogP) is 4.38. The molecule has 2 N–H and O–H groups in total. The maximum Gasteiger partial charge on any atom is 0.331 e. The molecule has 0 bridgehead atoms. The summed E-state index contributed by atoms with van der Waals surface area (Å²) in [7, 11) is 1.49. The van der Waals surface area contributed by atoms with Gasteiger partial charge < -0.3 is 14.9 Å². The van der Waals surface area contributed by atoms with Crippen LogP contribution in [-0.4, -0.2) is 23.3 Å². The number of methoxy groups -OCH3 is 1. The van der Waals surface area contributed by atoms with Crippen LogP contribution in [-0.2, 0) is 11.2 Å². The van der Waals surface area contributed by atoms with Gasteiger partial charge in [0.25, 0.3) is 0 Å². The monoisotopic (exact) mass is 314 g/mol. The Balaban J connectivity index is 2.82. The number of hydrogen-bond acceptors (Lipinski definition) is 3. The van der Waals surface area contributed by atoms with E-state index in [1.807, 2.05) is 25.1 Å². The molecule has 0 aliphatic rings. The first-order valence-electron chi connectivity index (χ1n) is 7.78. The number of phenolic OH excluding ortho intramolecular Hbond substituents is 1. The summed E-state index contributed by atoms with van der Waals surface area (Å²) in [5, 5.41) is 21.4. The fraction of sp³-hybridized carbons (Fsp3) is 0.316. The van der Waals surface area contributed by atoms with Gasteiger partial charge in [-0.15, -0.1) is 0 Å². The standard InChI is InChI=1S/C19H22O4/c1-4-7-13-8-6-9-15-14(10-12(5-2)19(21)22)11-16(23-3)18(20)17(13)15/h6,8-11,20H,4-5,7H2,1-3H3,(H,21,22)/b12-10+. The summed E-state index contributed by atoms with van der Waals surface area (Å²) in [6.07, 6.45) is 3.87. The van der Waals surface area contributed by atoms with Crippen molar-refractivity contribution in [2.24, 2.45) is 0 Å². The SMILES string of the molecule is CCCc1cccc2c(/C=C(\CC)C(=O)O)cc(OC)c(O)c12. The van der Waals surface area contributed by atoms with Crippen molar-refractivity contribution in [1.82, 2.24) is 0 Å². The Morgan fingerprint density at radius 3 is 2.61 bits per heavy atom. The molecular formula is C19H22O4. The molecule has 0 unspecified atom stereocenters. The van der Waals surface area contributed by atoms with Crippen LogP contribution in [0.25, 0.3) is 16.8 Å². The van der Waals surface area contributed by atoms with Gasteiger partial charge in [0.15, 0.2) is 11.5 Å². The van der Waals surface area contributed by atoms with Crippen molar-refractivity contribution in [3.05, 3.63) is 41.0 Å². The van der Waals surface area contributed by atoms with Gasteiger partial charge in [-0.25, -0.2) is 4.79 Å². The molecule has 2 aromatic rings. The number of aliphatic carboxylic acids is 1. The molecule has 0 amide bonds. The van der Waals surface area contributed by atoms with E-state index in [9.17, 15) is 15.0 Å². The maximum atomic E-state index is 11.3. The molecule has 0 fully saturated rings. The van der Waals surface area contributed by atoms with E-state index in [2.05, 4.69) is 6.92 Å². The molecule has 0 spiro atoms. The Morgan fingerprint density at radius 1 is 1.30 bits per heavy atom. The van der Waals surface area contributed by atoms with Crippen LogP contribution in [0.5, 0.6) is 11.5 Å². The highest BCUT2D eigenvalue weighted by Crippen LogP contribution is 2.40. The van der Waals surface area contributed by atoms with E-state index in [0.717, 1.165) is 34.7 Å². The van der Waals surface area contributed by atoms with Crippen LogP contribution < -0.4 is 4.74 Å². The Morgan fingerprint density at radius 2 is 2.04 bits per heavy atom. The van der Waals surface area contributed by atoms with Crippen LogP contribution in [0, 0.1) is 0 Å². The van der Waals surface area contributed by atoms with Gasteiger partial charge in [0.2, 0.25) is 0 Å². The lowest BCUT2D eigenvalue weighted by atomic mass is 9.95. The fourth-order valence-electron chi connectivity index (χ4n) is 2.79. The summed E-state index contributed by atoms with van der Waals surface area (Å²) in [6, 6.07) is 7.50. The van der Waals surface area contributed by atoms with E-state index >= 15 is 0 Å². The van der Waals surface area contributed by atoms with Gasteiger partial charge in [0.1, 0.15) is 0 Å². The average molecular weight is 314 g/mol. The molecule has 0 saturated heterocycles. The van der Waals surface area contributed by atoms with Crippen LogP contribution in [0.1, 0.15) is 37.8 Å². The first-order valence-corrected chi connectivity index (χ1v) is 7.78. The molecule has 0 aliphatic heterocycles. The van der Waals surface area contributed by atoms with Crippen molar-refractivity contribution >= 4 is 22.8 Å². The molecule has 122 valence electrons. The lowest BCUT2D eigenvalue weighted by Gasteiger charge is -2.14. The minimum absolute atomic E-state index is 0.108. The number of carbonyl (C=O) groups is 1. The zero-order valence-electron chi connectivity index (χ0n) is 13.7. The second kappa shape index (κ2) is 7.18. The summed E-state index contributed by atoms with van der Waals surface area (Å²) in [5.41, 5.74) is 2.09. The highest BCUT2D eigenvalue weighted by Gasteiger charge is 2.15. The third-order valence-corrected chi connectivity index (χ3v) is 3.94. The summed E-state index contributed by atoms with van der Waals surface area (Å²) in [4.78, 5) is 11.3. The van der Waals surface area contributed by atoms with Crippen molar-refractivity contribution < 1.29 is 19.7 Å². The number of benzene rings is 2. The summed E-state index contributed by atoms with van der Waals surface area (Å²) >= 11 is 0. The molecule has 0 heterocycles. The quantitative estimate of drug-likeness (QED) is 0.776. The van der Waals surface area contributed by atoms with Crippen LogP contribution in [0.2, 0.25) is 0 Å². The van der Waals surface area contributed by atoms with Gasteiger partial charge in [-0.3, -0.25) is 0 Å². The fourth-order valence-corrected chi connectivity index (χ4v) is 2.79. The molecular weight excluding hydrogens is 292 g/mol. The Hall–Kier alpha value is -2.49. The molecule has 0 radical (unpaired) electrons. The molecule has 0 atom stereocenters. The van der Waals surface area contributed by atoms with E-state index in [-0.39, 0.29) is 5.75 Å². The minimum atomic E-state index is -0.933. The lowest BCUT2D eigenvalue weighted by molar-refractivity contribution is -0.132. The third kappa shape index (κ3) is 3.31. The van der Waals surface area contributed by atoms with Crippen molar-refractivity contribution in [3.63, 3.8) is 0 Å². The van der Waals surface area contributed by atoms with Gasteiger partial charge in [-0.1, -0.05) is 38.5 Å². The smallest absolute Gasteiger partial charge is 0.331 e. The number of carboxylic acids is 1. The Bertz CT molecular complexity index is 760. The van der Waals surface area contributed by atoms with E-state index in [0.29, 0.717) is 17.7 Å². The number of aryl methyl sites for hydroxylation is 1. The van der Waals surface area contributed by atoms with Crippen LogP contribution in [0.4, 0.5) is 0 Å². The summed E-state index contributed by atoms with van der Waals surface area (Å²) in [5.74, 6) is -0.470. The molecule has 0 aromatic heterocycles. The molecule has 2 aromatic carbocycles.